The van der Waals surface area contributed by atoms with Crippen LogP contribution in [-0.2, 0) is 16.0 Å². The number of carbonyl (C=O) groups is 2. The van der Waals surface area contributed by atoms with E-state index >= 15 is 0 Å². The molecule has 0 fully saturated rings. The van der Waals surface area contributed by atoms with E-state index in [1.54, 1.807) is 12.1 Å². The first-order chi connectivity index (χ1) is 9.02. The second kappa shape index (κ2) is 7.41. The Labute approximate surface area is 112 Å². The van der Waals surface area contributed by atoms with E-state index in [1.165, 1.54) is 14.0 Å². The molecule has 1 N–H and O–H groups in total. The van der Waals surface area contributed by atoms with Gasteiger partial charge in [-0.15, -0.1) is 0 Å². The van der Waals surface area contributed by atoms with Gasteiger partial charge in [0.2, 0.25) is 0 Å². The molecule has 0 heterocycles. The molecule has 1 rings (SSSR count). The minimum absolute atomic E-state index is 0.174. The van der Waals surface area contributed by atoms with Crippen LogP contribution in [-0.4, -0.2) is 24.2 Å². The SMILES string of the molecule is COc1ccc(CCCCC(=O)O)cc1OC(C)=O. The molecule has 0 aliphatic heterocycles. The lowest BCUT2D eigenvalue weighted by Crippen LogP contribution is -2.03. The number of aliphatic carboxylic acids is 1. The van der Waals surface area contributed by atoms with Gasteiger partial charge >= 0.3 is 11.9 Å². The van der Waals surface area contributed by atoms with Crippen LogP contribution in [0.4, 0.5) is 0 Å². The maximum Gasteiger partial charge on any atom is 0.308 e. The smallest absolute Gasteiger partial charge is 0.308 e. The first-order valence-corrected chi connectivity index (χ1v) is 6.10. The Kier molecular flexibility index (Phi) is 5.85. The molecule has 0 unspecified atom stereocenters. The molecule has 0 radical (unpaired) electrons. The van der Waals surface area contributed by atoms with E-state index in [2.05, 4.69) is 0 Å². The predicted octanol–water partition coefficient (Wildman–Crippen LogP) is 2.42. The standard InChI is InChI=1S/C14H18O5/c1-10(15)19-13-9-11(7-8-12(13)18-2)5-3-4-6-14(16)17/h7-9H,3-6H2,1-2H3,(H,16,17). The lowest BCUT2D eigenvalue weighted by atomic mass is 10.1. The van der Waals surface area contributed by atoms with E-state index in [9.17, 15) is 9.59 Å². The summed E-state index contributed by atoms with van der Waals surface area (Å²) in [6, 6.07) is 5.37. The second-order valence-corrected chi connectivity index (χ2v) is 4.18. The molecule has 1 aromatic rings. The Hall–Kier alpha value is -2.04. The van der Waals surface area contributed by atoms with Gasteiger partial charge in [0.25, 0.3) is 0 Å². The van der Waals surface area contributed by atoms with Gasteiger partial charge in [-0.05, 0) is 37.0 Å². The molecule has 0 saturated heterocycles. The van der Waals surface area contributed by atoms with Crippen LogP contribution in [0, 0.1) is 0 Å². The van der Waals surface area contributed by atoms with Crippen molar-refractivity contribution in [3.05, 3.63) is 23.8 Å². The number of methoxy groups -OCH3 is 1. The van der Waals surface area contributed by atoms with E-state index in [0.29, 0.717) is 17.9 Å². The molecule has 19 heavy (non-hydrogen) atoms. The molecule has 0 aromatic heterocycles. The van der Waals surface area contributed by atoms with Crippen molar-refractivity contribution in [2.24, 2.45) is 0 Å². The Morgan fingerprint density at radius 2 is 1.95 bits per heavy atom. The summed E-state index contributed by atoms with van der Waals surface area (Å²) in [6.07, 6.45) is 2.32. The third-order valence-electron chi connectivity index (χ3n) is 2.59. The van der Waals surface area contributed by atoms with Crippen molar-refractivity contribution in [3.63, 3.8) is 0 Å². The third-order valence-corrected chi connectivity index (χ3v) is 2.59. The van der Waals surface area contributed by atoms with Gasteiger partial charge < -0.3 is 14.6 Å². The monoisotopic (exact) mass is 266 g/mol. The Bertz CT molecular complexity index is 453. The average molecular weight is 266 g/mol. The molecule has 0 saturated carbocycles. The highest BCUT2D eigenvalue weighted by Crippen LogP contribution is 2.28. The van der Waals surface area contributed by atoms with Gasteiger partial charge in [-0.1, -0.05) is 6.07 Å². The molecular formula is C14H18O5. The van der Waals surface area contributed by atoms with Crippen molar-refractivity contribution in [2.45, 2.75) is 32.6 Å². The van der Waals surface area contributed by atoms with Crippen LogP contribution < -0.4 is 9.47 Å². The lowest BCUT2D eigenvalue weighted by molar-refractivity contribution is -0.137. The number of ether oxygens (including phenoxy) is 2. The summed E-state index contributed by atoms with van der Waals surface area (Å²) in [5, 5.41) is 8.55. The number of benzene rings is 1. The third kappa shape index (κ3) is 5.42. The normalized spacial score (nSPS) is 10.0. The van der Waals surface area contributed by atoms with Gasteiger partial charge in [0, 0.05) is 13.3 Å². The van der Waals surface area contributed by atoms with Gasteiger partial charge in [-0.25, -0.2) is 0 Å². The number of hydrogen-bond donors (Lipinski definition) is 1. The van der Waals surface area contributed by atoms with Crippen LogP contribution in [0.25, 0.3) is 0 Å². The highest BCUT2D eigenvalue weighted by atomic mass is 16.6. The van der Waals surface area contributed by atoms with Crippen molar-refractivity contribution < 1.29 is 24.2 Å². The molecule has 1 aromatic carbocycles. The Morgan fingerprint density at radius 3 is 2.53 bits per heavy atom. The number of aryl methyl sites for hydroxylation is 1. The quantitative estimate of drug-likeness (QED) is 0.466. The Morgan fingerprint density at radius 1 is 1.21 bits per heavy atom. The van der Waals surface area contributed by atoms with Crippen LogP contribution in [0.5, 0.6) is 11.5 Å². The average Bonchev–Trinajstić information content (AvgIpc) is 2.34. The number of carboxylic acid groups (broad SMARTS) is 1. The molecule has 0 atom stereocenters. The van der Waals surface area contributed by atoms with Gasteiger partial charge in [0.1, 0.15) is 0 Å². The number of rotatable bonds is 7. The van der Waals surface area contributed by atoms with Gasteiger partial charge in [0.15, 0.2) is 11.5 Å². The summed E-state index contributed by atoms with van der Waals surface area (Å²) in [5.41, 5.74) is 0.988. The van der Waals surface area contributed by atoms with Crippen LogP contribution in [0.15, 0.2) is 18.2 Å². The van der Waals surface area contributed by atoms with E-state index < -0.39 is 11.9 Å². The summed E-state index contributed by atoms with van der Waals surface area (Å²) in [7, 11) is 1.51. The Balaban J connectivity index is 2.64. The lowest BCUT2D eigenvalue weighted by Gasteiger charge is -2.10. The largest absolute Gasteiger partial charge is 0.493 e. The van der Waals surface area contributed by atoms with Crippen LogP contribution >= 0.6 is 0 Å². The van der Waals surface area contributed by atoms with Crippen molar-refractivity contribution >= 4 is 11.9 Å². The summed E-state index contributed by atoms with van der Waals surface area (Å²) < 4.78 is 10.2. The van der Waals surface area contributed by atoms with Crippen LogP contribution in [0.3, 0.4) is 0 Å². The van der Waals surface area contributed by atoms with Crippen molar-refractivity contribution in [3.8, 4) is 11.5 Å². The summed E-state index contributed by atoms with van der Waals surface area (Å²) >= 11 is 0. The van der Waals surface area contributed by atoms with E-state index in [0.717, 1.165) is 18.4 Å². The fourth-order valence-electron chi connectivity index (χ4n) is 1.72. The molecule has 0 aliphatic rings. The van der Waals surface area contributed by atoms with Crippen molar-refractivity contribution in [1.29, 1.82) is 0 Å². The second-order valence-electron chi connectivity index (χ2n) is 4.18. The fourth-order valence-corrected chi connectivity index (χ4v) is 1.72. The maximum atomic E-state index is 11.0. The number of esters is 1. The van der Waals surface area contributed by atoms with Crippen molar-refractivity contribution in [1.82, 2.24) is 0 Å². The van der Waals surface area contributed by atoms with E-state index in [-0.39, 0.29) is 6.42 Å². The molecule has 0 amide bonds. The molecular weight excluding hydrogens is 248 g/mol. The van der Waals surface area contributed by atoms with E-state index in [1.807, 2.05) is 6.07 Å². The molecule has 5 heteroatoms. The van der Waals surface area contributed by atoms with Gasteiger partial charge in [-0.3, -0.25) is 9.59 Å². The minimum atomic E-state index is -0.782. The molecule has 0 spiro atoms. The zero-order valence-electron chi connectivity index (χ0n) is 11.1. The molecule has 104 valence electrons. The first kappa shape index (κ1) is 15.0. The topological polar surface area (TPSA) is 72.8 Å². The number of carbonyl (C=O) groups excluding carboxylic acids is 1. The maximum absolute atomic E-state index is 11.0. The zero-order chi connectivity index (χ0) is 14.3. The summed E-state index contributed by atoms with van der Waals surface area (Å²) in [6.45, 7) is 1.33. The summed E-state index contributed by atoms with van der Waals surface area (Å²) in [4.78, 5) is 21.4. The molecule has 0 bridgehead atoms. The number of hydrogen-bond acceptors (Lipinski definition) is 4. The minimum Gasteiger partial charge on any atom is -0.493 e. The molecule has 5 nitrogen and oxygen atoms in total. The number of unbranched alkanes of at least 4 members (excludes halogenated alkanes) is 1. The fraction of sp³-hybridized carbons (Fsp3) is 0.429. The van der Waals surface area contributed by atoms with Crippen molar-refractivity contribution in [2.75, 3.05) is 7.11 Å². The first-order valence-electron chi connectivity index (χ1n) is 6.10. The van der Waals surface area contributed by atoms with Crippen LogP contribution in [0.1, 0.15) is 31.7 Å². The predicted molar refractivity (Wildman–Crippen MR) is 69.5 cm³/mol. The molecule has 0 aliphatic carbocycles. The van der Waals surface area contributed by atoms with Gasteiger partial charge in [-0.2, -0.15) is 0 Å². The zero-order valence-corrected chi connectivity index (χ0v) is 11.1. The highest BCUT2D eigenvalue weighted by molar-refractivity contribution is 5.70. The van der Waals surface area contributed by atoms with E-state index in [4.69, 9.17) is 14.6 Å². The summed E-state index contributed by atoms with van der Waals surface area (Å²) in [5.74, 6) is -0.285. The van der Waals surface area contributed by atoms with Crippen LogP contribution in [0.2, 0.25) is 0 Å². The van der Waals surface area contributed by atoms with Gasteiger partial charge in [0.05, 0.1) is 7.11 Å². The number of carboxylic acids is 1. The highest BCUT2D eigenvalue weighted by Gasteiger charge is 2.08.